The molecule has 1 saturated heterocycles. The van der Waals surface area contributed by atoms with Crippen molar-refractivity contribution in [3.8, 4) is 6.07 Å². The molecule has 4 rings (SSSR count). The van der Waals surface area contributed by atoms with Gasteiger partial charge in [0.15, 0.2) is 0 Å². The summed E-state index contributed by atoms with van der Waals surface area (Å²) in [6.07, 6.45) is 2.49. The Morgan fingerprint density at radius 3 is 2.57 bits per heavy atom. The van der Waals surface area contributed by atoms with E-state index >= 15 is 0 Å². The highest BCUT2D eigenvalue weighted by atomic mass is 16.2. The molecule has 0 bridgehead atoms. The van der Waals surface area contributed by atoms with Crippen molar-refractivity contribution in [3.05, 3.63) is 71.5 Å². The van der Waals surface area contributed by atoms with Gasteiger partial charge in [0.05, 0.1) is 28.9 Å². The first-order chi connectivity index (χ1) is 13.7. The van der Waals surface area contributed by atoms with Gasteiger partial charge in [-0.2, -0.15) is 5.26 Å². The number of nitrogens with zero attached hydrogens (tertiary/aromatic N) is 5. The van der Waals surface area contributed by atoms with Crippen LogP contribution >= 0.6 is 0 Å². The quantitative estimate of drug-likeness (QED) is 0.708. The summed E-state index contributed by atoms with van der Waals surface area (Å²) in [4.78, 5) is 26.0. The molecule has 1 amide bonds. The lowest BCUT2D eigenvalue weighted by Gasteiger charge is -2.22. The van der Waals surface area contributed by atoms with Crippen LogP contribution in [0.1, 0.15) is 28.0 Å². The molecule has 140 valence electrons. The number of rotatable bonds is 3. The predicted octanol–water partition coefficient (Wildman–Crippen LogP) is 2.85. The minimum Gasteiger partial charge on any atom is -0.336 e. The van der Waals surface area contributed by atoms with Gasteiger partial charge in [-0.1, -0.05) is 24.3 Å². The Hall–Kier alpha value is -3.30. The maximum Gasteiger partial charge on any atom is 0.274 e. The fourth-order valence-electron chi connectivity index (χ4n) is 3.50. The lowest BCUT2D eigenvalue weighted by molar-refractivity contribution is 0.0755. The van der Waals surface area contributed by atoms with Crippen molar-refractivity contribution in [1.29, 1.82) is 5.26 Å². The second kappa shape index (κ2) is 8.15. The maximum absolute atomic E-state index is 12.9. The zero-order chi connectivity index (χ0) is 19.3. The molecule has 28 heavy (non-hydrogen) atoms. The summed E-state index contributed by atoms with van der Waals surface area (Å²) in [6, 6.07) is 17.4. The third-order valence-corrected chi connectivity index (χ3v) is 5.03. The van der Waals surface area contributed by atoms with E-state index in [2.05, 4.69) is 20.9 Å². The monoisotopic (exact) mass is 371 g/mol. The smallest absolute Gasteiger partial charge is 0.274 e. The van der Waals surface area contributed by atoms with Crippen LogP contribution in [0.4, 0.5) is 0 Å². The van der Waals surface area contributed by atoms with E-state index in [0.29, 0.717) is 17.8 Å². The average Bonchev–Trinajstić information content (AvgIpc) is 2.99. The first-order valence-electron chi connectivity index (χ1n) is 9.45. The first kappa shape index (κ1) is 18.1. The predicted molar refractivity (Wildman–Crippen MR) is 106 cm³/mol. The van der Waals surface area contributed by atoms with Gasteiger partial charge in [0.25, 0.3) is 5.91 Å². The second-order valence-electron chi connectivity index (χ2n) is 6.97. The number of hydrogen-bond acceptors (Lipinski definition) is 5. The minimum absolute atomic E-state index is 0.0570. The topological polar surface area (TPSA) is 73.1 Å². The van der Waals surface area contributed by atoms with Crippen LogP contribution < -0.4 is 0 Å². The highest BCUT2D eigenvalue weighted by molar-refractivity contribution is 5.93. The zero-order valence-electron chi connectivity index (χ0n) is 15.6. The molecule has 0 aliphatic carbocycles. The van der Waals surface area contributed by atoms with Crippen molar-refractivity contribution < 1.29 is 4.79 Å². The van der Waals surface area contributed by atoms with Gasteiger partial charge in [0.2, 0.25) is 0 Å². The molecule has 1 fully saturated rings. The molecule has 1 aliphatic heterocycles. The number of fused-ring (bicyclic) bond motifs is 1. The van der Waals surface area contributed by atoms with Crippen LogP contribution in [0, 0.1) is 11.3 Å². The van der Waals surface area contributed by atoms with Crippen LogP contribution in [0.5, 0.6) is 0 Å². The number of benzene rings is 2. The molecule has 0 saturated carbocycles. The maximum atomic E-state index is 12.9. The molecule has 0 atom stereocenters. The minimum atomic E-state index is -0.0570. The van der Waals surface area contributed by atoms with E-state index in [1.54, 1.807) is 6.20 Å². The standard InChI is InChI=1S/C22H21N5O/c23-14-17-6-8-18(9-7-17)16-26-10-3-11-27(13-12-26)22(28)21-15-24-19-4-1-2-5-20(19)25-21/h1-2,4-9,15H,3,10-13,16H2. The highest BCUT2D eigenvalue weighted by Gasteiger charge is 2.21. The van der Waals surface area contributed by atoms with Crippen LogP contribution in [0.25, 0.3) is 11.0 Å². The van der Waals surface area contributed by atoms with Crippen molar-refractivity contribution in [3.63, 3.8) is 0 Å². The lowest BCUT2D eigenvalue weighted by atomic mass is 10.1. The molecule has 2 aromatic carbocycles. The fourth-order valence-corrected chi connectivity index (χ4v) is 3.50. The number of para-hydroxylation sites is 2. The Labute approximate surface area is 164 Å². The van der Waals surface area contributed by atoms with Crippen molar-refractivity contribution >= 4 is 16.9 Å². The Morgan fingerprint density at radius 2 is 1.79 bits per heavy atom. The van der Waals surface area contributed by atoms with Gasteiger partial charge in [-0.3, -0.25) is 14.7 Å². The Bertz CT molecular complexity index is 1030. The lowest BCUT2D eigenvalue weighted by Crippen LogP contribution is -2.35. The Morgan fingerprint density at radius 1 is 1.00 bits per heavy atom. The van der Waals surface area contributed by atoms with Gasteiger partial charge < -0.3 is 4.90 Å². The molecule has 0 unspecified atom stereocenters. The number of carbonyl (C=O) groups is 1. The molecule has 0 N–H and O–H groups in total. The number of hydrogen-bond donors (Lipinski definition) is 0. The number of carbonyl (C=O) groups excluding carboxylic acids is 1. The van der Waals surface area contributed by atoms with Crippen LogP contribution in [0.2, 0.25) is 0 Å². The highest BCUT2D eigenvalue weighted by Crippen LogP contribution is 2.14. The summed E-state index contributed by atoms with van der Waals surface area (Å²) in [6.45, 7) is 3.96. The molecule has 6 nitrogen and oxygen atoms in total. The van der Waals surface area contributed by atoms with Gasteiger partial charge in [-0.25, -0.2) is 4.98 Å². The van der Waals surface area contributed by atoms with Gasteiger partial charge >= 0.3 is 0 Å². The van der Waals surface area contributed by atoms with E-state index in [0.717, 1.165) is 43.6 Å². The van der Waals surface area contributed by atoms with E-state index in [1.165, 1.54) is 5.56 Å². The summed E-state index contributed by atoms with van der Waals surface area (Å²) < 4.78 is 0. The van der Waals surface area contributed by atoms with Gasteiger partial charge in [-0.05, 0) is 36.2 Å². The largest absolute Gasteiger partial charge is 0.336 e. The number of aromatic nitrogens is 2. The Kier molecular flexibility index (Phi) is 5.27. The van der Waals surface area contributed by atoms with Crippen molar-refractivity contribution in [2.75, 3.05) is 26.2 Å². The third kappa shape index (κ3) is 4.00. The molecule has 2 heterocycles. The number of nitriles is 1. The van der Waals surface area contributed by atoms with Crippen molar-refractivity contribution in [1.82, 2.24) is 19.8 Å². The van der Waals surface area contributed by atoms with Gasteiger partial charge in [0, 0.05) is 32.7 Å². The molecule has 6 heteroatoms. The SMILES string of the molecule is N#Cc1ccc(CN2CCCN(C(=O)c3cnc4ccccc4n3)CC2)cc1. The first-order valence-corrected chi connectivity index (χ1v) is 9.45. The average molecular weight is 371 g/mol. The third-order valence-electron chi connectivity index (χ3n) is 5.03. The van der Waals surface area contributed by atoms with Crippen LogP contribution in [0.15, 0.2) is 54.7 Å². The van der Waals surface area contributed by atoms with Crippen LogP contribution in [0.3, 0.4) is 0 Å². The van der Waals surface area contributed by atoms with Crippen LogP contribution in [-0.2, 0) is 6.54 Å². The van der Waals surface area contributed by atoms with Gasteiger partial charge in [0.1, 0.15) is 5.69 Å². The van der Waals surface area contributed by atoms with Crippen molar-refractivity contribution in [2.45, 2.75) is 13.0 Å². The van der Waals surface area contributed by atoms with E-state index in [9.17, 15) is 4.79 Å². The van der Waals surface area contributed by atoms with Crippen molar-refractivity contribution in [2.24, 2.45) is 0 Å². The van der Waals surface area contributed by atoms with E-state index in [4.69, 9.17) is 5.26 Å². The Balaban J connectivity index is 1.41. The normalized spacial score (nSPS) is 15.2. The van der Waals surface area contributed by atoms with E-state index in [1.807, 2.05) is 53.4 Å². The fraction of sp³-hybridized carbons (Fsp3) is 0.273. The molecular weight excluding hydrogens is 350 g/mol. The summed E-state index contributed by atoms with van der Waals surface area (Å²) in [5.41, 5.74) is 3.79. The second-order valence-corrected chi connectivity index (χ2v) is 6.97. The summed E-state index contributed by atoms with van der Waals surface area (Å²) in [5.74, 6) is -0.0570. The summed E-state index contributed by atoms with van der Waals surface area (Å²) in [7, 11) is 0. The van der Waals surface area contributed by atoms with Gasteiger partial charge in [-0.15, -0.1) is 0 Å². The molecule has 3 aromatic rings. The molecular formula is C22H21N5O. The zero-order valence-corrected chi connectivity index (χ0v) is 15.6. The molecule has 0 radical (unpaired) electrons. The molecule has 1 aromatic heterocycles. The molecule has 1 aliphatic rings. The van der Waals surface area contributed by atoms with E-state index in [-0.39, 0.29) is 5.91 Å². The summed E-state index contributed by atoms with van der Waals surface area (Å²) >= 11 is 0. The van der Waals surface area contributed by atoms with Crippen LogP contribution in [-0.4, -0.2) is 51.9 Å². The van der Waals surface area contributed by atoms with E-state index < -0.39 is 0 Å². The number of amides is 1. The summed E-state index contributed by atoms with van der Waals surface area (Å²) in [5, 5.41) is 8.91. The molecule has 0 spiro atoms.